The summed E-state index contributed by atoms with van der Waals surface area (Å²) in [5, 5.41) is 5.45. The van der Waals surface area contributed by atoms with Gasteiger partial charge in [0.05, 0.1) is 10.7 Å². The highest BCUT2D eigenvalue weighted by atomic mass is 35.5. The number of thiophene rings is 1. The third-order valence-corrected chi connectivity index (χ3v) is 4.64. The average Bonchev–Trinajstić information content (AvgIpc) is 3.10. The van der Waals surface area contributed by atoms with Gasteiger partial charge in [-0.1, -0.05) is 41.9 Å². The van der Waals surface area contributed by atoms with Crippen molar-refractivity contribution < 1.29 is 9.53 Å². The molecule has 1 aromatic heterocycles. The number of rotatable bonds is 6. The molecule has 2 aromatic carbocycles. The number of ether oxygens (including phenoxy) is 1. The molecule has 0 atom stereocenters. The number of carbonyl (C=O) groups excluding carboxylic acids is 1. The van der Waals surface area contributed by atoms with Crippen molar-refractivity contribution >= 4 is 34.5 Å². The lowest BCUT2D eigenvalue weighted by molar-refractivity contribution is -0.116. The van der Waals surface area contributed by atoms with E-state index >= 15 is 0 Å². The third-order valence-electron chi connectivity index (χ3n) is 3.40. The maximum Gasteiger partial charge on any atom is 0.224 e. The number of anilines is 1. The summed E-state index contributed by atoms with van der Waals surface area (Å²) in [7, 11) is 0. The Balaban J connectivity index is 1.67. The van der Waals surface area contributed by atoms with Gasteiger partial charge in [0, 0.05) is 11.3 Å². The van der Waals surface area contributed by atoms with Gasteiger partial charge in [0.25, 0.3) is 0 Å². The Labute approximate surface area is 149 Å². The molecule has 1 heterocycles. The van der Waals surface area contributed by atoms with E-state index in [2.05, 4.69) is 5.32 Å². The number of amides is 1. The maximum atomic E-state index is 12.2. The minimum absolute atomic E-state index is 0.0430. The molecule has 0 fully saturated rings. The Hall–Kier alpha value is -2.30. The lowest BCUT2D eigenvalue weighted by Gasteiger charge is -2.13. The summed E-state index contributed by atoms with van der Waals surface area (Å²) < 4.78 is 5.85. The molecule has 5 heteroatoms. The van der Waals surface area contributed by atoms with Crippen LogP contribution in [0.5, 0.6) is 11.5 Å². The van der Waals surface area contributed by atoms with E-state index in [-0.39, 0.29) is 5.91 Å². The quantitative estimate of drug-likeness (QED) is 0.608. The summed E-state index contributed by atoms with van der Waals surface area (Å²) in [4.78, 5) is 13.4. The molecule has 0 saturated carbocycles. The zero-order valence-electron chi connectivity index (χ0n) is 12.9. The van der Waals surface area contributed by atoms with Gasteiger partial charge in [0.2, 0.25) is 5.91 Å². The highest BCUT2D eigenvalue weighted by Gasteiger charge is 2.10. The Morgan fingerprint density at radius 2 is 1.75 bits per heavy atom. The second-order valence-corrected chi connectivity index (χ2v) is 6.60. The van der Waals surface area contributed by atoms with Gasteiger partial charge in [-0.2, -0.15) is 0 Å². The molecule has 1 N–H and O–H groups in total. The molecule has 24 heavy (non-hydrogen) atoms. The number of carbonyl (C=O) groups is 1. The summed E-state index contributed by atoms with van der Waals surface area (Å²) >= 11 is 7.79. The van der Waals surface area contributed by atoms with E-state index in [9.17, 15) is 4.79 Å². The lowest BCUT2D eigenvalue weighted by Crippen LogP contribution is -2.12. The van der Waals surface area contributed by atoms with Crippen molar-refractivity contribution in [2.45, 2.75) is 12.8 Å². The summed E-state index contributed by atoms with van der Waals surface area (Å²) in [6, 6.07) is 18.6. The zero-order chi connectivity index (χ0) is 16.8. The van der Waals surface area contributed by atoms with Crippen LogP contribution in [0.2, 0.25) is 5.02 Å². The standard InChI is InChI=1S/C19H16ClNO2S/c20-15-7-1-3-9-17(15)23-18-10-4-2-8-16(18)21-19(22)12-11-14-6-5-13-24-14/h1-10,13H,11-12H2,(H,21,22). The van der Waals surface area contributed by atoms with Gasteiger partial charge in [0.1, 0.15) is 5.75 Å². The summed E-state index contributed by atoms with van der Waals surface area (Å²) in [5.41, 5.74) is 0.633. The highest BCUT2D eigenvalue weighted by molar-refractivity contribution is 7.09. The summed E-state index contributed by atoms with van der Waals surface area (Å²) in [5.74, 6) is 1.08. The van der Waals surface area contributed by atoms with Crippen LogP contribution in [0.1, 0.15) is 11.3 Å². The van der Waals surface area contributed by atoms with Crippen LogP contribution in [0.4, 0.5) is 5.69 Å². The first-order valence-electron chi connectivity index (χ1n) is 7.56. The Morgan fingerprint density at radius 1 is 1.00 bits per heavy atom. The molecular formula is C19H16ClNO2S. The van der Waals surface area contributed by atoms with Crippen LogP contribution in [-0.4, -0.2) is 5.91 Å². The summed E-state index contributed by atoms with van der Waals surface area (Å²) in [6.45, 7) is 0. The molecule has 0 aliphatic heterocycles. The second-order valence-electron chi connectivity index (χ2n) is 5.16. The van der Waals surface area contributed by atoms with Crippen LogP contribution >= 0.6 is 22.9 Å². The Bertz CT molecular complexity index is 818. The molecule has 0 radical (unpaired) electrons. The van der Waals surface area contributed by atoms with E-state index in [1.54, 1.807) is 29.5 Å². The predicted molar refractivity (Wildman–Crippen MR) is 99.2 cm³/mol. The van der Waals surface area contributed by atoms with Crippen LogP contribution < -0.4 is 10.1 Å². The van der Waals surface area contributed by atoms with E-state index in [0.29, 0.717) is 28.6 Å². The number of hydrogen-bond acceptors (Lipinski definition) is 3. The van der Waals surface area contributed by atoms with Crippen molar-refractivity contribution in [3.63, 3.8) is 0 Å². The first kappa shape index (κ1) is 16.6. The molecule has 0 spiro atoms. The minimum Gasteiger partial charge on any atom is -0.454 e. The van der Waals surface area contributed by atoms with Crippen molar-refractivity contribution in [3.05, 3.63) is 75.9 Å². The number of para-hydroxylation sites is 3. The minimum atomic E-state index is -0.0430. The molecule has 0 aliphatic rings. The fourth-order valence-electron chi connectivity index (χ4n) is 2.21. The fourth-order valence-corrected chi connectivity index (χ4v) is 3.09. The van der Waals surface area contributed by atoms with Gasteiger partial charge in [-0.25, -0.2) is 0 Å². The first-order chi connectivity index (χ1) is 11.7. The topological polar surface area (TPSA) is 38.3 Å². The number of halogens is 1. The van der Waals surface area contributed by atoms with E-state index in [1.165, 1.54) is 4.88 Å². The Morgan fingerprint density at radius 3 is 2.50 bits per heavy atom. The largest absolute Gasteiger partial charge is 0.454 e. The Kier molecular flexibility index (Phi) is 5.51. The van der Waals surface area contributed by atoms with Gasteiger partial charge in [0.15, 0.2) is 5.75 Å². The molecule has 0 bridgehead atoms. The van der Waals surface area contributed by atoms with Crippen LogP contribution in [0, 0.1) is 0 Å². The van der Waals surface area contributed by atoms with Crippen molar-refractivity contribution in [1.29, 1.82) is 0 Å². The van der Waals surface area contributed by atoms with Gasteiger partial charge in [-0.3, -0.25) is 4.79 Å². The molecular weight excluding hydrogens is 342 g/mol. The number of benzene rings is 2. The number of hydrogen-bond donors (Lipinski definition) is 1. The van der Waals surface area contributed by atoms with Crippen LogP contribution in [0.25, 0.3) is 0 Å². The molecule has 1 amide bonds. The number of aryl methyl sites for hydroxylation is 1. The fraction of sp³-hybridized carbons (Fsp3) is 0.105. The van der Waals surface area contributed by atoms with Crippen molar-refractivity contribution in [1.82, 2.24) is 0 Å². The smallest absolute Gasteiger partial charge is 0.224 e. The van der Waals surface area contributed by atoms with Crippen LogP contribution in [-0.2, 0) is 11.2 Å². The highest BCUT2D eigenvalue weighted by Crippen LogP contribution is 2.33. The van der Waals surface area contributed by atoms with Crippen LogP contribution in [0.3, 0.4) is 0 Å². The van der Waals surface area contributed by atoms with E-state index < -0.39 is 0 Å². The molecule has 0 saturated heterocycles. The zero-order valence-corrected chi connectivity index (χ0v) is 14.4. The normalized spacial score (nSPS) is 10.4. The monoisotopic (exact) mass is 357 g/mol. The summed E-state index contributed by atoms with van der Waals surface area (Å²) in [6.07, 6.45) is 1.16. The first-order valence-corrected chi connectivity index (χ1v) is 8.82. The second kappa shape index (κ2) is 7.99. The lowest BCUT2D eigenvalue weighted by atomic mass is 10.2. The van der Waals surface area contributed by atoms with Gasteiger partial charge in [-0.05, 0) is 42.1 Å². The van der Waals surface area contributed by atoms with Crippen molar-refractivity contribution in [2.75, 3.05) is 5.32 Å². The molecule has 3 nitrogen and oxygen atoms in total. The van der Waals surface area contributed by atoms with Crippen molar-refractivity contribution in [2.24, 2.45) is 0 Å². The SMILES string of the molecule is O=C(CCc1cccs1)Nc1ccccc1Oc1ccccc1Cl. The van der Waals surface area contributed by atoms with Gasteiger partial charge < -0.3 is 10.1 Å². The predicted octanol–water partition coefficient (Wildman–Crippen LogP) is 5.77. The molecule has 0 aliphatic carbocycles. The molecule has 122 valence electrons. The van der Waals surface area contributed by atoms with Crippen LogP contribution in [0.15, 0.2) is 66.0 Å². The third kappa shape index (κ3) is 4.37. The number of nitrogens with one attached hydrogen (secondary N) is 1. The maximum absolute atomic E-state index is 12.2. The van der Waals surface area contributed by atoms with E-state index in [0.717, 1.165) is 6.42 Å². The molecule has 3 rings (SSSR count). The molecule has 0 unspecified atom stereocenters. The molecule has 3 aromatic rings. The average molecular weight is 358 g/mol. The van der Waals surface area contributed by atoms with Crippen molar-refractivity contribution in [3.8, 4) is 11.5 Å². The van der Waals surface area contributed by atoms with Gasteiger partial charge in [-0.15, -0.1) is 11.3 Å². The van der Waals surface area contributed by atoms with Gasteiger partial charge >= 0.3 is 0 Å². The van der Waals surface area contributed by atoms with E-state index in [4.69, 9.17) is 16.3 Å². The van der Waals surface area contributed by atoms with E-state index in [1.807, 2.05) is 47.8 Å².